The maximum absolute atomic E-state index is 12.2. The largest absolute Gasteiger partial charge is 0.480 e. The summed E-state index contributed by atoms with van der Waals surface area (Å²) in [5, 5.41) is 8.72. The molecule has 1 amide bonds. The molecule has 0 fully saturated rings. The first-order valence-corrected chi connectivity index (χ1v) is 5.68. The Morgan fingerprint density at radius 1 is 1.25 bits per heavy atom. The van der Waals surface area contributed by atoms with E-state index in [9.17, 15) is 9.59 Å². The lowest BCUT2D eigenvalue weighted by Gasteiger charge is -2.33. The highest BCUT2D eigenvalue weighted by Gasteiger charge is 2.36. The van der Waals surface area contributed by atoms with Gasteiger partial charge in [0.05, 0.1) is 5.41 Å². The molecule has 0 aromatic rings. The zero-order valence-electron chi connectivity index (χ0n) is 10.3. The quantitative estimate of drug-likeness (QED) is 0.673. The molecule has 5 nitrogen and oxygen atoms in total. The van der Waals surface area contributed by atoms with Gasteiger partial charge in [0.1, 0.15) is 6.54 Å². The van der Waals surface area contributed by atoms with Gasteiger partial charge in [-0.3, -0.25) is 9.59 Å². The minimum absolute atomic E-state index is 0.148. The fraction of sp³-hybridized carbons (Fsp3) is 0.818. The van der Waals surface area contributed by atoms with E-state index < -0.39 is 11.4 Å². The number of carboxylic acids is 1. The van der Waals surface area contributed by atoms with Crippen LogP contribution in [0.4, 0.5) is 0 Å². The molecule has 16 heavy (non-hydrogen) atoms. The third-order valence-electron chi connectivity index (χ3n) is 3.19. The smallest absolute Gasteiger partial charge is 0.323 e. The van der Waals surface area contributed by atoms with E-state index in [1.54, 1.807) is 6.92 Å². The zero-order valence-corrected chi connectivity index (χ0v) is 10.3. The van der Waals surface area contributed by atoms with Gasteiger partial charge in [-0.2, -0.15) is 0 Å². The second-order valence-corrected chi connectivity index (χ2v) is 3.90. The number of amides is 1. The average Bonchev–Trinajstić information content (AvgIpc) is 2.28. The summed E-state index contributed by atoms with van der Waals surface area (Å²) in [6, 6.07) is 0. The molecule has 3 N–H and O–H groups in total. The van der Waals surface area contributed by atoms with E-state index in [0.29, 0.717) is 19.4 Å². The van der Waals surface area contributed by atoms with Gasteiger partial charge in [0.25, 0.3) is 0 Å². The molecule has 0 heterocycles. The highest BCUT2D eigenvalue weighted by molar-refractivity contribution is 5.86. The highest BCUT2D eigenvalue weighted by atomic mass is 16.4. The van der Waals surface area contributed by atoms with Crippen LogP contribution in [0.25, 0.3) is 0 Å². The first kappa shape index (κ1) is 14.9. The van der Waals surface area contributed by atoms with Crippen molar-refractivity contribution in [1.82, 2.24) is 4.90 Å². The molecule has 0 aromatic heterocycles. The van der Waals surface area contributed by atoms with Crippen LogP contribution in [-0.2, 0) is 9.59 Å². The number of aliphatic carboxylic acids is 1. The molecule has 5 heteroatoms. The van der Waals surface area contributed by atoms with Crippen molar-refractivity contribution in [3.63, 3.8) is 0 Å². The summed E-state index contributed by atoms with van der Waals surface area (Å²) >= 11 is 0. The molecule has 0 unspecified atom stereocenters. The topological polar surface area (TPSA) is 83.6 Å². The molecule has 0 aliphatic rings. The number of carbonyl (C=O) groups is 2. The van der Waals surface area contributed by atoms with E-state index >= 15 is 0 Å². The molecule has 0 aliphatic heterocycles. The lowest BCUT2D eigenvalue weighted by atomic mass is 9.81. The molecule has 0 radical (unpaired) electrons. The molecule has 0 aromatic carbocycles. The highest BCUT2D eigenvalue weighted by Crippen LogP contribution is 2.27. The molecule has 0 atom stereocenters. The van der Waals surface area contributed by atoms with Crippen molar-refractivity contribution >= 4 is 11.9 Å². The second kappa shape index (κ2) is 6.48. The summed E-state index contributed by atoms with van der Waals surface area (Å²) in [5.74, 6) is -1.14. The van der Waals surface area contributed by atoms with Crippen LogP contribution >= 0.6 is 0 Å². The summed E-state index contributed by atoms with van der Waals surface area (Å²) in [4.78, 5) is 24.2. The van der Waals surface area contributed by atoms with E-state index in [1.807, 2.05) is 13.8 Å². The maximum atomic E-state index is 12.2. The summed E-state index contributed by atoms with van der Waals surface area (Å²) in [6.07, 6.45) is 1.27. The summed E-state index contributed by atoms with van der Waals surface area (Å²) < 4.78 is 0. The van der Waals surface area contributed by atoms with E-state index in [0.717, 1.165) is 0 Å². The van der Waals surface area contributed by atoms with Crippen LogP contribution in [0.5, 0.6) is 0 Å². The minimum atomic E-state index is -0.992. The third kappa shape index (κ3) is 3.20. The van der Waals surface area contributed by atoms with Crippen LogP contribution in [0.3, 0.4) is 0 Å². The van der Waals surface area contributed by atoms with Gasteiger partial charge in [-0.05, 0) is 19.8 Å². The maximum Gasteiger partial charge on any atom is 0.323 e. The third-order valence-corrected chi connectivity index (χ3v) is 3.19. The van der Waals surface area contributed by atoms with E-state index in [2.05, 4.69) is 0 Å². The Kier molecular flexibility index (Phi) is 6.03. The number of carboxylic acid groups (broad SMARTS) is 1. The number of carbonyl (C=O) groups excluding carboxylic acids is 1. The number of hydrogen-bond donors (Lipinski definition) is 2. The van der Waals surface area contributed by atoms with Gasteiger partial charge in [0, 0.05) is 13.1 Å². The average molecular weight is 230 g/mol. The summed E-state index contributed by atoms with van der Waals surface area (Å²) in [5.41, 5.74) is 5.05. The summed E-state index contributed by atoms with van der Waals surface area (Å²) in [7, 11) is 0. The normalized spacial score (nSPS) is 11.2. The molecular formula is C11H22N2O3. The van der Waals surface area contributed by atoms with Crippen LogP contribution in [0.1, 0.15) is 33.6 Å². The van der Waals surface area contributed by atoms with Gasteiger partial charge in [-0.15, -0.1) is 0 Å². The number of likely N-dealkylation sites (N-methyl/N-ethyl adjacent to an activating group) is 1. The van der Waals surface area contributed by atoms with Crippen LogP contribution in [0.15, 0.2) is 0 Å². The molecule has 0 aliphatic carbocycles. The Labute approximate surface area is 96.6 Å². The Balaban J connectivity index is 4.88. The van der Waals surface area contributed by atoms with Crippen LogP contribution < -0.4 is 5.73 Å². The van der Waals surface area contributed by atoms with Crippen molar-refractivity contribution in [2.24, 2.45) is 11.1 Å². The fourth-order valence-corrected chi connectivity index (χ4v) is 1.75. The van der Waals surface area contributed by atoms with E-state index in [4.69, 9.17) is 10.8 Å². The standard InChI is InChI=1S/C11H22N2O3/c1-4-11(5-2,8-12)10(16)13(6-3)7-9(14)15/h4-8,12H2,1-3H3,(H,14,15). The first-order valence-electron chi connectivity index (χ1n) is 5.68. The Morgan fingerprint density at radius 2 is 1.75 bits per heavy atom. The van der Waals surface area contributed by atoms with Gasteiger partial charge in [-0.25, -0.2) is 0 Å². The predicted molar refractivity (Wildman–Crippen MR) is 62.0 cm³/mol. The summed E-state index contributed by atoms with van der Waals surface area (Å²) in [6.45, 7) is 5.98. The van der Waals surface area contributed by atoms with Crippen LogP contribution in [0, 0.1) is 5.41 Å². The zero-order chi connectivity index (χ0) is 12.8. The number of rotatable bonds is 7. The molecule has 94 valence electrons. The van der Waals surface area contributed by atoms with E-state index in [-0.39, 0.29) is 19.0 Å². The van der Waals surface area contributed by atoms with Crippen LogP contribution in [0.2, 0.25) is 0 Å². The van der Waals surface area contributed by atoms with Gasteiger partial charge >= 0.3 is 5.97 Å². The lowest BCUT2D eigenvalue weighted by molar-refractivity contribution is -0.149. The Bertz CT molecular complexity index is 241. The van der Waals surface area contributed by atoms with Crippen molar-refractivity contribution in [3.8, 4) is 0 Å². The van der Waals surface area contributed by atoms with Crippen molar-refractivity contribution < 1.29 is 14.7 Å². The van der Waals surface area contributed by atoms with Crippen LogP contribution in [-0.4, -0.2) is 41.5 Å². The molecule has 0 bridgehead atoms. The molecule has 0 rings (SSSR count). The predicted octanol–water partition coefficient (Wildman–Crippen LogP) is 0.685. The van der Waals surface area contributed by atoms with Crippen molar-refractivity contribution in [2.45, 2.75) is 33.6 Å². The SMILES string of the molecule is CCN(CC(=O)O)C(=O)C(CC)(CC)CN. The monoisotopic (exact) mass is 230 g/mol. The van der Waals surface area contributed by atoms with Crippen molar-refractivity contribution in [3.05, 3.63) is 0 Å². The molecule has 0 saturated heterocycles. The fourth-order valence-electron chi connectivity index (χ4n) is 1.75. The number of nitrogens with two attached hydrogens (primary N) is 1. The molecule has 0 spiro atoms. The van der Waals surface area contributed by atoms with Crippen molar-refractivity contribution in [2.75, 3.05) is 19.6 Å². The minimum Gasteiger partial charge on any atom is -0.480 e. The number of hydrogen-bond acceptors (Lipinski definition) is 3. The van der Waals surface area contributed by atoms with Gasteiger partial charge < -0.3 is 15.7 Å². The van der Waals surface area contributed by atoms with Crippen molar-refractivity contribution in [1.29, 1.82) is 0 Å². The Morgan fingerprint density at radius 3 is 2.00 bits per heavy atom. The first-order chi connectivity index (χ1) is 7.47. The van der Waals surface area contributed by atoms with Gasteiger partial charge in [-0.1, -0.05) is 13.8 Å². The molecular weight excluding hydrogens is 208 g/mol. The van der Waals surface area contributed by atoms with Gasteiger partial charge in [0.2, 0.25) is 5.91 Å². The lowest BCUT2D eigenvalue weighted by Crippen LogP contribution is -2.49. The van der Waals surface area contributed by atoms with Gasteiger partial charge in [0.15, 0.2) is 0 Å². The molecule has 0 saturated carbocycles. The number of nitrogens with zero attached hydrogens (tertiary/aromatic N) is 1. The van der Waals surface area contributed by atoms with E-state index in [1.165, 1.54) is 4.90 Å². The Hall–Kier alpha value is -1.10. The second-order valence-electron chi connectivity index (χ2n) is 3.90.